The minimum Gasteiger partial charge on any atom is -0.473 e. The summed E-state index contributed by atoms with van der Waals surface area (Å²) >= 11 is 6.12. The van der Waals surface area contributed by atoms with E-state index in [0.717, 1.165) is 0 Å². The molecule has 1 fully saturated rings. The molecule has 0 amide bonds. The standard InChI is InChI=1S/C23H21ClFN7O4/c1-11(26-15-3-4-17(24)28-19(15)20-30-36-23(33)31(20)2)14-7-12(25)8-16-18(14)29-21-22(27-16)35-10-13-9-34-6-5-32(13)21/h3-4,7-8,11,13,26H,5-6,9-10H2,1-2H3/t11-,13+/m1/s1. The number of hydrogen-bond acceptors (Lipinski definition) is 10. The van der Waals surface area contributed by atoms with Crippen molar-refractivity contribution < 1.29 is 18.4 Å². The number of morpholine rings is 1. The normalized spacial score (nSPS) is 17.9. The smallest absolute Gasteiger partial charge is 0.441 e. The van der Waals surface area contributed by atoms with Crippen LogP contribution in [0.1, 0.15) is 18.5 Å². The maximum Gasteiger partial charge on any atom is 0.441 e. The minimum atomic E-state index is -0.634. The predicted molar refractivity (Wildman–Crippen MR) is 129 cm³/mol. The highest BCUT2D eigenvalue weighted by Gasteiger charge is 2.33. The molecule has 13 heteroatoms. The molecule has 186 valence electrons. The number of benzene rings is 1. The molecule has 1 N–H and O–H groups in total. The van der Waals surface area contributed by atoms with E-state index in [1.54, 1.807) is 12.1 Å². The third-order valence-electron chi connectivity index (χ3n) is 6.34. The van der Waals surface area contributed by atoms with Crippen LogP contribution in [-0.4, -0.2) is 57.1 Å². The Morgan fingerprint density at radius 2 is 2.08 bits per heavy atom. The minimum absolute atomic E-state index is 0.0502. The van der Waals surface area contributed by atoms with E-state index in [2.05, 4.69) is 25.3 Å². The van der Waals surface area contributed by atoms with Crippen LogP contribution in [-0.2, 0) is 11.8 Å². The molecule has 0 spiro atoms. The summed E-state index contributed by atoms with van der Waals surface area (Å²) in [5, 5.41) is 7.36. The maximum atomic E-state index is 14.7. The fourth-order valence-electron chi connectivity index (χ4n) is 4.51. The summed E-state index contributed by atoms with van der Waals surface area (Å²) in [5.41, 5.74) is 2.36. The molecule has 3 aromatic heterocycles. The molecule has 1 aromatic carbocycles. The van der Waals surface area contributed by atoms with Crippen LogP contribution in [0.2, 0.25) is 5.15 Å². The molecule has 36 heavy (non-hydrogen) atoms. The van der Waals surface area contributed by atoms with E-state index < -0.39 is 17.6 Å². The lowest BCUT2D eigenvalue weighted by molar-refractivity contribution is 0.0686. The second-order valence-electron chi connectivity index (χ2n) is 8.68. The van der Waals surface area contributed by atoms with Gasteiger partial charge < -0.3 is 19.7 Å². The molecular weight excluding hydrogens is 493 g/mol. The number of nitrogens with zero attached hydrogens (tertiary/aromatic N) is 6. The molecule has 5 heterocycles. The van der Waals surface area contributed by atoms with E-state index in [-0.39, 0.29) is 17.0 Å². The van der Waals surface area contributed by atoms with Gasteiger partial charge in [-0.2, -0.15) is 0 Å². The first kappa shape index (κ1) is 22.7. The molecule has 2 aliphatic rings. The van der Waals surface area contributed by atoms with Crippen LogP contribution in [0.25, 0.3) is 22.6 Å². The van der Waals surface area contributed by atoms with Crippen LogP contribution in [0.3, 0.4) is 0 Å². The highest BCUT2D eigenvalue weighted by atomic mass is 35.5. The van der Waals surface area contributed by atoms with Crippen LogP contribution >= 0.6 is 11.6 Å². The topological polar surface area (TPSA) is 120 Å². The molecule has 0 aliphatic carbocycles. The van der Waals surface area contributed by atoms with Crippen LogP contribution in [0.5, 0.6) is 5.88 Å². The maximum absolute atomic E-state index is 14.7. The highest BCUT2D eigenvalue weighted by Crippen LogP contribution is 2.36. The summed E-state index contributed by atoms with van der Waals surface area (Å²) in [6.45, 7) is 4.10. The SMILES string of the molecule is C[C@@H](Nc1ccc(Cl)nc1-c1noc(=O)n1C)c1cc(F)cc2nc3c(nc12)N1CCOC[C@H]1CO3. The van der Waals surface area contributed by atoms with Crippen LogP contribution in [0.4, 0.5) is 15.9 Å². The van der Waals surface area contributed by atoms with Crippen molar-refractivity contribution in [2.45, 2.75) is 19.0 Å². The number of ether oxygens (including phenoxy) is 2. The summed E-state index contributed by atoms with van der Waals surface area (Å²) in [4.78, 5) is 27.8. The van der Waals surface area contributed by atoms with Gasteiger partial charge in [0.2, 0.25) is 5.82 Å². The van der Waals surface area contributed by atoms with Crippen LogP contribution < -0.4 is 20.7 Å². The van der Waals surface area contributed by atoms with Gasteiger partial charge in [0.1, 0.15) is 23.3 Å². The van der Waals surface area contributed by atoms with Gasteiger partial charge in [0.05, 0.1) is 42.0 Å². The molecule has 0 saturated carbocycles. The third kappa shape index (κ3) is 3.82. The van der Waals surface area contributed by atoms with Crippen LogP contribution in [0, 0.1) is 5.82 Å². The average molecular weight is 514 g/mol. The Bertz CT molecular complexity index is 1540. The van der Waals surface area contributed by atoms with E-state index in [1.807, 2.05) is 6.92 Å². The van der Waals surface area contributed by atoms with Crippen LogP contribution in [0.15, 0.2) is 33.6 Å². The van der Waals surface area contributed by atoms with Gasteiger partial charge in [-0.3, -0.25) is 9.09 Å². The highest BCUT2D eigenvalue weighted by molar-refractivity contribution is 6.29. The number of fused-ring (bicyclic) bond motifs is 4. The van der Waals surface area contributed by atoms with E-state index in [1.165, 1.54) is 23.7 Å². The van der Waals surface area contributed by atoms with Gasteiger partial charge in [-0.1, -0.05) is 16.8 Å². The molecule has 4 aromatic rings. The van der Waals surface area contributed by atoms with Gasteiger partial charge >= 0.3 is 5.76 Å². The lowest BCUT2D eigenvalue weighted by atomic mass is 10.0. The zero-order chi connectivity index (χ0) is 25.0. The lowest BCUT2D eigenvalue weighted by Gasteiger charge is -2.39. The van der Waals surface area contributed by atoms with Gasteiger partial charge in [-0.15, -0.1) is 0 Å². The molecule has 2 atom stereocenters. The third-order valence-corrected chi connectivity index (χ3v) is 6.55. The molecule has 1 saturated heterocycles. The molecule has 0 radical (unpaired) electrons. The molecule has 11 nitrogen and oxygen atoms in total. The number of halogens is 2. The number of anilines is 2. The molecule has 0 bridgehead atoms. The van der Waals surface area contributed by atoms with Gasteiger partial charge in [-0.25, -0.2) is 24.1 Å². The van der Waals surface area contributed by atoms with Crippen molar-refractivity contribution in [3.8, 4) is 17.4 Å². The van der Waals surface area contributed by atoms with Crippen molar-refractivity contribution in [1.82, 2.24) is 24.7 Å². The summed E-state index contributed by atoms with van der Waals surface area (Å²) in [5.74, 6) is 0.118. The number of rotatable bonds is 4. The first-order valence-electron chi connectivity index (χ1n) is 11.3. The van der Waals surface area contributed by atoms with E-state index >= 15 is 0 Å². The van der Waals surface area contributed by atoms with Crippen molar-refractivity contribution in [2.75, 3.05) is 36.6 Å². The van der Waals surface area contributed by atoms with E-state index in [9.17, 15) is 9.18 Å². The van der Waals surface area contributed by atoms with Crippen molar-refractivity contribution in [3.63, 3.8) is 0 Å². The summed E-state index contributed by atoms with van der Waals surface area (Å²) in [6, 6.07) is 5.69. The Morgan fingerprint density at radius 1 is 1.22 bits per heavy atom. The zero-order valence-corrected chi connectivity index (χ0v) is 20.1. The monoisotopic (exact) mass is 513 g/mol. The van der Waals surface area contributed by atoms with Gasteiger partial charge in [0, 0.05) is 25.2 Å². The van der Waals surface area contributed by atoms with Gasteiger partial charge in [0.15, 0.2) is 5.82 Å². The summed E-state index contributed by atoms with van der Waals surface area (Å²) in [6.07, 6.45) is 0. The van der Waals surface area contributed by atoms with E-state index in [0.29, 0.717) is 66.0 Å². The molecule has 2 aliphatic heterocycles. The Hall–Kier alpha value is -3.77. The Labute approximate surface area is 208 Å². The average Bonchev–Trinajstić information content (AvgIpc) is 3.21. The number of hydrogen-bond donors (Lipinski definition) is 1. The number of nitrogens with one attached hydrogen (secondary N) is 1. The quantitative estimate of drug-likeness (QED) is 0.408. The second kappa shape index (κ2) is 8.71. The predicted octanol–water partition coefficient (Wildman–Crippen LogP) is 2.94. The zero-order valence-electron chi connectivity index (χ0n) is 19.4. The van der Waals surface area contributed by atoms with Crippen molar-refractivity contribution in [1.29, 1.82) is 0 Å². The second-order valence-corrected chi connectivity index (χ2v) is 9.06. The van der Waals surface area contributed by atoms with Gasteiger partial charge in [-0.05, 0) is 25.1 Å². The largest absolute Gasteiger partial charge is 0.473 e. The molecule has 6 rings (SSSR count). The van der Waals surface area contributed by atoms with Gasteiger partial charge in [0.25, 0.3) is 5.88 Å². The van der Waals surface area contributed by atoms with Crippen molar-refractivity contribution >= 4 is 34.1 Å². The van der Waals surface area contributed by atoms with Crippen molar-refractivity contribution in [2.24, 2.45) is 7.05 Å². The number of pyridine rings is 1. The summed E-state index contributed by atoms with van der Waals surface area (Å²) < 4.78 is 32.1. The lowest BCUT2D eigenvalue weighted by Crippen LogP contribution is -2.51. The van der Waals surface area contributed by atoms with Crippen molar-refractivity contribution in [3.05, 3.63) is 51.3 Å². The Balaban J connectivity index is 1.42. The first-order chi connectivity index (χ1) is 17.4. The Kier molecular flexibility index (Phi) is 5.49. The number of aromatic nitrogens is 5. The summed E-state index contributed by atoms with van der Waals surface area (Å²) in [7, 11) is 1.52. The fraction of sp³-hybridized carbons (Fsp3) is 0.348. The molecular formula is C23H21ClFN7O4. The molecule has 0 unspecified atom stereocenters. The first-order valence-corrected chi connectivity index (χ1v) is 11.7. The fourth-order valence-corrected chi connectivity index (χ4v) is 4.66. The van der Waals surface area contributed by atoms with E-state index in [4.69, 9.17) is 30.6 Å². The Morgan fingerprint density at radius 3 is 2.89 bits per heavy atom.